The molecule has 0 spiro atoms. The fourth-order valence-electron chi connectivity index (χ4n) is 3.69. The zero-order valence-corrected chi connectivity index (χ0v) is 13.1. The molecule has 2 aliphatic rings. The lowest BCUT2D eigenvalue weighted by molar-refractivity contribution is 0.211. The van der Waals surface area contributed by atoms with Gasteiger partial charge in [0, 0.05) is 31.1 Å². The number of likely N-dealkylation sites (N-methyl/N-ethyl adjacent to an activating group) is 1. The predicted molar refractivity (Wildman–Crippen MR) is 88.4 cm³/mol. The van der Waals surface area contributed by atoms with Crippen LogP contribution in [-0.4, -0.2) is 53.2 Å². The van der Waals surface area contributed by atoms with Crippen molar-refractivity contribution in [3.05, 3.63) is 35.9 Å². The minimum Gasteiger partial charge on any atom is -0.392 e. The maximum Gasteiger partial charge on any atom is 0.317 e. The van der Waals surface area contributed by atoms with Gasteiger partial charge in [0.25, 0.3) is 0 Å². The Morgan fingerprint density at radius 1 is 1.39 bits per heavy atom. The minimum absolute atomic E-state index is 0.00398. The number of piperidine rings is 1. The summed E-state index contributed by atoms with van der Waals surface area (Å²) < 4.78 is 0. The lowest BCUT2D eigenvalue weighted by Gasteiger charge is -2.37. The number of amides is 2. The van der Waals surface area contributed by atoms with E-state index in [2.05, 4.69) is 10.2 Å². The first kappa shape index (κ1) is 14.3. The van der Waals surface area contributed by atoms with Gasteiger partial charge in [-0.2, -0.15) is 0 Å². The van der Waals surface area contributed by atoms with Gasteiger partial charge in [0.2, 0.25) is 0 Å². The van der Waals surface area contributed by atoms with Gasteiger partial charge in [-0.25, -0.2) is 9.78 Å². The lowest BCUT2D eigenvalue weighted by atomic mass is 9.99. The second kappa shape index (κ2) is 5.38. The molecule has 0 aliphatic carbocycles. The molecule has 2 saturated heterocycles. The number of hydrogen-bond donors (Lipinski definition) is 2. The number of aromatic nitrogens is 1. The molecule has 2 fully saturated rings. The Kier molecular flexibility index (Phi) is 3.34. The van der Waals surface area contributed by atoms with E-state index in [1.165, 1.54) is 0 Å². The third-order valence-electron chi connectivity index (χ3n) is 4.95. The molecule has 2 amide bonds. The number of hydrogen-bond acceptors (Lipinski definition) is 4. The summed E-state index contributed by atoms with van der Waals surface area (Å²) in [5.74, 6) is 0.827. The van der Waals surface area contributed by atoms with Crippen LogP contribution in [0.3, 0.4) is 0 Å². The van der Waals surface area contributed by atoms with Crippen LogP contribution in [0.25, 0.3) is 10.9 Å². The number of rotatable bonds is 2. The van der Waals surface area contributed by atoms with Crippen LogP contribution in [0.2, 0.25) is 0 Å². The van der Waals surface area contributed by atoms with Crippen molar-refractivity contribution < 1.29 is 9.90 Å². The maximum atomic E-state index is 11.8. The number of carbonyl (C=O) groups is 1. The Morgan fingerprint density at radius 2 is 2.22 bits per heavy atom. The standard InChI is InChI=1S/C17H20N4O2/c1-20-15-6-7-21(9-14(15)19-17(20)23)16-12(10-22)8-11-4-2-3-5-13(11)18-16/h2-5,8,14-15,22H,6-7,9-10H2,1H3,(H,19,23)/t14-,15+/m1/s1. The minimum atomic E-state index is -0.0377. The molecule has 0 bridgehead atoms. The topological polar surface area (TPSA) is 68.7 Å². The number of nitrogens with zero attached hydrogens (tertiary/aromatic N) is 3. The monoisotopic (exact) mass is 312 g/mol. The Bertz CT molecular complexity index is 763. The third-order valence-corrected chi connectivity index (χ3v) is 4.95. The molecule has 1 aromatic heterocycles. The average Bonchev–Trinajstić information content (AvgIpc) is 2.87. The predicted octanol–water partition coefficient (Wildman–Crippen LogP) is 1.33. The SMILES string of the molecule is CN1C(=O)N[C@@H]2CN(c3nc4ccccc4cc3CO)CC[C@@H]21. The summed E-state index contributed by atoms with van der Waals surface area (Å²) in [6, 6.07) is 10.3. The van der Waals surface area contributed by atoms with Crippen LogP contribution in [0.4, 0.5) is 10.6 Å². The molecule has 4 rings (SSSR count). The van der Waals surface area contributed by atoms with Gasteiger partial charge < -0.3 is 20.2 Å². The number of benzene rings is 1. The molecular formula is C17H20N4O2. The molecular weight excluding hydrogens is 292 g/mol. The number of nitrogens with one attached hydrogen (secondary N) is 1. The smallest absolute Gasteiger partial charge is 0.317 e. The highest BCUT2D eigenvalue weighted by Crippen LogP contribution is 2.29. The summed E-state index contributed by atoms with van der Waals surface area (Å²) in [6.07, 6.45) is 0.902. The van der Waals surface area contributed by atoms with Crippen molar-refractivity contribution in [2.45, 2.75) is 25.1 Å². The van der Waals surface area contributed by atoms with E-state index in [4.69, 9.17) is 4.98 Å². The van der Waals surface area contributed by atoms with E-state index in [9.17, 15) is 9.90 Å². The first-order valence-corrected chi connectivity index (χ1v) is 7.95. The summed E-state index contributed by atoms with van der Waals surface area (Å²) in [5.41, 5.74) is 1.76. The molecule has 2 atom stereocenters. The van der Waals surface area contributed by atoms with E-state index >= 15 is 0 Å². The van der Waals surface area contributed by atoms with Gasteiger partial charge in [-0.15, -0.1) is 0 Å². The van der Waals surface area contributed by atoms with Crippen molar-refractivity contribution in [2.24, 2.45) is 0 Å². The quantitative estimate of drug-likeness (QED) is 0.878. The number of carbonyl (C=O) groups excluding carboxylic acids is 1. The van der Waals surface area contributed by atoms with Crippen molar-refractivity contribution in [2.75, 3.05) is 25.0 Å². The molecule has 6 nitrogen and oxygen atoms in total. The van der Waals surface area contributed by atoms with Crippen LogP contribution in [0.15, 0.2) is 30.3 Å². The molecule has 0 unspecified atom stereocenters. The van der Waals surface area contributed by atoms with Crippen molar-refractivity contribution in [3.8, 4) is 0 Å². The summed E-state index contributed by atoms with van der Waals surface area (Å²) in [4.78, 5) is 20.6. The number of fused-ring (bicyclic) bond motifs is 2. The molecule has 0 saturated carbocycles. The molecule has 0 radical (unpaired) electrons. The molecule has 1 aromatic carbocycles. The van der Waals surface area contributed by atoms with Gasteiger partial charge in [0.1, 0.15) is 5.82 Å². The van der Waals surface area contributed by atoms with Crippen LogP contribution < -0.4 is 10.2 Å². The van der Waals surface area contributed by atoms with E-state index < -0.39 is 0 Å². The molecule has 2 N–H and O–H groups in total. The van der Waals surface area contributed by atoms with Crippen LogP contribution in [0.1, 0.15) is 12.0 Å². The number of aliphatic hydroxyl groups excluding tert-OH is 1. The van der Waals surface area contributed by atoms with Gasteiger partial charge in [0.15, 0.2) is 0 Å². The van der Waals surface area contributed by atoms with E-state index in [1.54, 1.807) is 4.90 Å². The fraction of sp³-hybridized carbons (Fsp3) is 0.412. The van der Waals surface area contributed by atoms with Gasteiger partial charge in [-0.1, -0.05) is 18.2 Å². The molecule has 3 heterocycles. The van der Waals surface area contributed by atoms with Crippen molar-refractivity contribution in [1.82, 2.24) is 15.2 Å². The zero-order chi connectivity index (χ0) is 16.0. The highest BCUT2D eigenvalue weighted by Gasteiger charge is 2.41. The van der Waals surface area contributed by atoms with Crippen LogP contribution in [0, 0.1) is 0 Å². The molecule has 120 valence electrons. The third kappa shape index (κ3) is 2.30. The highest BCUT2D eigenvalue weighted by molar-refractivity contribution is 5.82. The summed E-state index contributed by atoms with van der Waals surface area (Å²) in [5, 5.41) is 13.8. The van der Waals surface area contributed by atoms with E-state index in [0.29, 0.717) is 0 Å². The average molecular weight is 312 g/mol. The van der Waals surface area contributed by atoms with Crippen LogP contribution in [0.5, 0.6) is 0 Å². The van der Waals surface area contributed by atoms with E-state index in [-0.39, 0.29) is 24.7 Å². The summed E-state index contributed by atoms with van der Waals surface area (Å²) in [7, 11) is 1.85. The summed E-state index contributed by atoms with van der Waals surface area (Å²) >= 11 is 0. The number of urea groups is 1. The lowest BCUT2D eigenvalue weighted by Crippen LogP contribution is -2.51. The largest absolute Gasteiger partial charge is 0.392 e. The van der Waals surface area contributed by atoms with Crippen LogP contribution >= 0.6 is 0 Å². The Hall–Kier alpha value is -2.34. The van der Waals surface area contributed by atoms with E-state index in [1.807, 2.05) is 37.4 Å². The Labute approximate surface area is 134 Å². The maximum absolute atomic E-state index is 11.8. The second-order valence-corrected chi connectivity index (χ2v) is 6.29. The molecule has 2 aliphatic heterocycles. The molecule has 23 heavy (non-hydrogen) atoms. The van der Waals surface area contributed by atoms with E-state index in [0.717, 1.165) is 41.8 Å². The van der Waals surface area contributed by atoms with Crippen LogP contribution in [-0.2, 0) is 6.61 Å². The second-order valence-electron chi connectivity index (χ2n) is 6.29. The van der Waals surface area contributed by atoms with Crippen molar-refractivity contribution >= 4 is 22.8 Å². The summed E-state index contributed by atoms with van der Waals surface area (Å²) in [6.45, 7) is 1.52. The molecule has 2 aromatic rings. The first-order valence-electron chi connectivity index (χ1n) is 7.95. The van der Waals surface area contributed by atoms with Gasteiger partial charge in [-0.3, -0.25) is 0 Å². The van der Waals surface area contributed by atoms with Gasteiger partial charge >= 0.3 is 6.03 Å². The van der Waals surface area contributed by atoms with Crippen molar-refractivity contribution in [3.63, 3.8) is 0 Å². The van der Waals surface area contributed by atoms with Crippen molar-refractivity contribution in [1.29, 1.82) is 0 Å². The number of anilines is 1. The number of para-hydroxylation sites is 1. The van der Waals surface area contributed by atoms with Gasteiger partial charge in [-0.05, 0) is 18.6 Å². The normalized spacial score (nSPS) is 24.0. The number of aliphatic hydroxyl groups is 1. The highest BCUT2D eigenvalue weighted by atomic mass is 16.3. The first-order chi connectivity index (χ1) is 11.2. The molecule has 6 heteroatoms. The fourth-order valence-corrected chi connectivity index (χ4v) is 3.69. The Balaban J connectivity index is 1.68. The van der Waals surface area contributed by atoms with Gasteiger partial charge in [0.05, 0.1) is 24.2 Å². The number of pyridine rings is 1. The Morgan fingerprint density at radius 3 is 3.04 bits per heavy atom. The zero-order valence-electron chi connectivity index (χ0n) is 13.1.